The molecular weight excluding hydrogens is 279 g/mol. The summed E-state index contributed by atoms with van der Waals surface area (Å²) in [6, 6.07) is 0. The maximum atomic E-state index is 10.9. The molecule has 1 aliphatic rings. The first-order valence-electron chi connectivity index (χ1n) is 5.23. The fraction of sp³-hybridized carbons (Fsp3) is 0.625. The summed E-state index contributed by atoms with van der Waals surface area (Å²) < 4.78 is 12.1. The molecule has 0 aliphatic carbocycles. The molecule has 0 saturated carbocycles. The number of ether oxygens (including phenoxy) is 1. The lowest BCUT2D eigenvalue weighted by molar-refractivity contribution is -0.0231. The van der Waals surface area contributed by atoms with Gasteiger partial charge < -0.3 is 19.9 Å². The van der Waals surface area contributed by atoms with E-state index in [1.54, 1.807) is 0 Å². The zero-order chi connectivity index (χ0) is 13.1. The number of thiol groups is 1. The molecule has 0 spiro atoms. The van der Waals surface area contributed by atoms with E-state index in [9.17, 15) is 4.79 Å². The minimum Gasteiger partial charge on any atom is -0.363 e. The van der Waals surface area contributed by atoms with Gasteiger partial charge in [-0.15, -0.1) is 5.10 Å². The molecule has 10 heteroatoms. The zero-order valence-corrected chi connectivity index (χ0v) is 11.1. The minimum absolute atomic E-state index is 0.0347. The summed E-state index contributed by atoms with van der Waals surface area (Å²) in [6.07, 6.45) is 2.49. The highest BCUT2D eigenvalue weighted by molar-refractivity contribution is 8.41. The number of hydrogen-bond acceptors (Lipinski definition) is 7. The Morgan fingerprint density at radius 2 is 2.56 bits per heavy atom. The molecule has 0 bridgehead atoms. The second-order valence-electron chi connectivity index (χ2n) is 3.75. The SMILES string of the molecule is NC(=O)c1ncn([C@H]2CC[C@@H](COP(O)S)O2)n1. The number of hydrogen-bond donors (Lipinski definition) is 3. The van der Waals surface area contributed by atoms with Gasteiger partial charge in [-0.2, -0.15) is 0 Å². The molecule has 3 atom stereocenters. The third kappa shape index (κ3) is 3.39. The van der Waals surface area contributed by atoms with Gasteiger partial charge in [0.05, 0.1) is 12.7 Å². The number of amides is 1. The molecule has 2 heterocycles. The Hall–Kier alpha value is -0.730. The Morgan fingerprint density at radius 1 is 1.78 bits per heavy atom. The Balaban J connectivity index is 1.89. The van der Waals surface area contributed by atoms with E-state index in [1.165, 1.54) is 11.0 Å². The van der Waals surface area contributed by atoms with Crippen LogP contribution in [0.25, 0.3) is 0 Å². The molecule has 1 unspecified atom stereocenters. The van der Waals surface area contributed by atoms with Gasteiger partial charge in [0.15, 0.2) is 6.23 Å². The molecule has 1 aromatic heterocycles. The molecule has 1 amide bonds. The second-order valence-corrected chi connectivity index (χ2v) is 5.54. The molecule has 3 N–H and O–H groups in total. The normalized spacial score (nSPS) is 25.2. The first-order chi connectivity index (χ1) is 8.56. The molecular formula is C8H13N4O4PS. The van der Waals surface area contributed by atoms with Gasteiger partial charge in [-0.3, -0.25) is 4.79 Å². The quantitative estimate of drug-likeness (QED) is 0.528. The van der Waals surface area contributed by atoms with Gasteiger partial charge in [-0.1, -0.05) is 12.2 Å². The van der Waals surface area contributed by atoms with Crippen molar-refractivity contribution in [3.05, 3.63) is 12.2 Å². The van der Waals surface area contributed by atoms with Crippen molar-refractivity contribution in [2.75, 3.05) is 6.61 Å². The lowest BCUT2D eigenvalue weighted by Gasteiger charge is -2.13. The number of primary amides is 1. The Kier molecular flexibility index (Phi) is 4.52. The van der Waals surface area contributed by atoms with Crippen LogP contribution in [0.15, 0.2) is 6.33 Å². The van der Waals surface area contributed by atoms with Crippen LogP contribution in [-0.4, -0.2) is 38.3 Å². The van der Waals surface area contributed by atoms with Crippen LogP contribution in [0.3, 0.4) is 0 Å². The molecule has 1 saturated heterocycles. The predicted molar refractivity (Wildman–Crippen MR) is 65.8 cm³/mol. The molecule has 1 aliphatic heterocycles. The van der Waals surface area contributed by atoms with Gasteiger partial charge in [0.2, 0.25) is 13.4 Å². The molecule has 100 valence electrons. The van der Waals surface area contributed by atoms with Gasteiger partial charge in [-0.05, 0) is 12.8 Å². The van der Waals surface area contributed by atoms with E-state index < -0.39 is 13.5 Å². The number of carbonyl (C=O) groups is 1. The van der Waals surface area contributed by atoms with Crippen molar-refractivity contribution < 1.29 is 18.9 Å². The Labute approximate surface area is 110 Å². The van der Waals surface area contributed by atoms with Crippen LogP contribution in [0, 0.1) is 0 Å². The number of aromatic nitrogens is 3. The summed E-state index contributed by atoms with van der Waals surface area (Å²) in [6.45, 7) is 0.277. The van der Waals surface area contributed by atoms with Crippen LogP contribution in [-0.2, 0) is 9.26 Å². The highest BCUT2D eigenvalue weighted by Crippen LogP contribution is 2.38. The van der Waals surface area contributed by atoms with Crippen LogP contribution in [0.1, 0.15) is 29.7 Å². The number of nitrogens with zero attached hydrogens (tertiary/aromatic N) is 3. The molecule has 1 fully saturated rings. The van der Waals surface area contributed by atoms with Crippen molar-refractivity contribution in [2.45, 2.75) is 25.2 Å². The van der Waals surface area contributed by atoms with Crippen LogP contribution in [0.4, 0.5) is 0 Å². The summed E-state index contributed by atoms with van der Waals surface area (Å²) in [7, 11) is -1.67. The van der Waals surface area contributed by atoms with Crippen molar-refractivity contribution >= 4 is 25.7 Å². The van der Waals surface area contributed by atoms with E-state index >= 15 is 0 Å². The average molecular weight is 292 g/mol. The van der Waals surface area contributed by atoms with Crippen molar-refractivity contribution in [3.8, 4) is 0 Å². The fourth-order valence-corrected chi connectivity index (χ4v) is 2.18. The average Bonchev–Trinajstić information content (AvgIpc) is 2.95. The maximum Gasteiger partial charge on any atom is 0.288 e. The number of nitrogens with two attached hydrogens (primary N) is 1. The van der Waals surface area contributed by atoms with Gasteiger partial charge in [-0.25, -0.2) is 9.67 Å². The zero-order valence-electron chi connectivity index (χ0n) is 9.34. The van der Waals surface area contributed by atoms with E-state index in [4.69, 9.17) is 19.9 Å². The largest absolute Gasteiger partial charge is 0.363 e. The van der Waals surface area contributed by atoms with E-state index in [1.807, 2.05) is 0 Å². The summed E-state index contributed by atoms with van der Waals surface area (Å²) in [5, 5.41) is 3.93. The summed E-state index contributed by atoms with van der Waals surface area (Å²) in [4.78, 5) is 23.6. The van der Waals surface area contributed by atoms with Crippen molar-refractivity contribution in [1.29, 1.82) is 0 Å². The number of rotatable bonds is 5. The van der Waals surface area contributed by atoms with Crippen LogP contribution >= 0.6 is 19.8 Å². The monoisotopic (exact) mass is 292 g/mol. The Morgan fingerprint density at radius 3 is 3.17 bits per heavy atom. The topological polar surface area (TPSA) is 112 Å². The fourth-order valence-electron chi connectivity index (χ4n) is 1.68. The predicted octanol–water partition coefficient (Wildman–Crippen LogP) is 0.220. The first kappa shape index (κ1) is 13.7. The van der Waals surface area contributed by atoms with Crippen LogP contribution in [0.2, 0.25) is 0 Å². The lowest BCUT2D eigenvalue weighted by Crippen LogP contribution is -2.17. The van der Waals surface area contributed by atoms with E-state index in [0.29, 0.717) is 0 Å². The lowest BCUT2D eigenvalue weighted by atomic mass is 10.2. The molecule has 1 aromatic rings. The molecule has 0 aromatic carbocycles. The van der Waals surface area contributed by atoms with Gasteiger partial charge in [0, 0.05) is 0 Å². The van der Waals surface area contributed by atoms with E-state index in [0.717, 1.165) is 12.8 Å². The summed E-state index contributed by atoms with van der Waals surface area (Å²) in [5.74, 6) is -0.708. The number of carbonyl (C=O) groups excluding carboxylic acids is 1. The first-order valence-corrected chi connectivity index (χ1v) is 7.60. The van der Waals surface area contributed by atoms with E-state index in [-0.39, 0.29) is 24.8 Å². The van der Waals surface area contributed by atoms with Gasteiger partial charge in [0.1, 0.15) is 6.33 Å². The third-order valence-electron chi connectivity index (χ3n) is 2.48. The summed E-state index contributed by atoms with van der Waals surface area (Å²) in [5.41, 5.74) is 5.06. The van der Waals surface area contributed by atoms with Crippen molar-refractivity contribution in [1.82, 2.24) is 14.8 Å². The molecule has 0 radical (unpaired) electrons. The van der Waals surface area contributed by atoms with Crippen LogP contribution in [0.5, 0.6) is 0 Å². The third-order valence-corrected chi connectivity index (χ3v) is 3.21. The second kappa shape index (κ2) is 5.94. The molecule has 2 rings (SSSR count). The molecule has 8 nitrogen and oxygen atoms in total. The van der Waals surface area contributed by atoms with Crippen molar-refractivity contribution in [3.63, 3.8) is 0 Å². The Bertz CT molecular complexity index is 429. The minimum atomic E-state index is -1.67. The van der Waals surface area contributed by atoms with Gasteiger partial charge >= 0.3 is 0 Å². The highest BCUT2D eigenvalue weighted by atomic mass is 32.7. The van der Waals surface area contributed by atoms with Gasteiger partial charge in [0.25, 0.3) is 5.91 Å². The smallest absolute Gasteiger partial charge is 0.288 e. The van der Waals surface area contributed by atoms with Crippen LogP contribution < -0.4 is 5.73 Å². The van der Waals surface area contributed by atoms with Crippen molar-refractivity contribution in [2.24, 2.45) is 5.73 Å². The van der Waals surface area contributed by atoms with E-state index in [2.05, 4.69) is 22.3 Å². The highest BCUT2D eigenvalue weighted by Gasteiger charge is 2.28. The molecule has 18 heavy (non-hydrogen) atoms. The standard InChI is InChI=1S/C8H13N4O4PS/c9-7(13)8-10-4-12(11-8)6-2-1-5(16-6)3-15-17(14)18/h4-6,14,18H,1-3H2,(H2,9,13)/t5-,6+,17?/m0/s1. The summed E-state index contributed by atoms with van der Waals surface area (Å²) >= 11 is 3.75. The maximum absolute atomic E-state index is 10.9.